The van der Waals surface area contributed by atoms with Crippen LogP contribution in [-0.2, 0) is 45.7 Å². The van der Waals surface area contributed by atoms with E-state index in [0.29, 0.717) is 0 Å². The van der Waals surface area contributed by atoms with E-state index in [4.69, 9.17) is 19.2 Å². The van der Waals surface area contributed by atoms with Crippen LogP contribution in [0.15, 0.2) is 0 Å². The Morgan fingerprint density at radius 3 is 0.875 bits per heavy atom. The standard InChI is InChI=1S/Al.H4O4Si.Zn.Zr.3H/c;1-5(2,3)4;;;;;/h;1-4H;;;;;. The van der Waals surface area contributed by atoms with Gasteiger partial charge in [-0.1, -0.05) is 0 Å². The fourth-order valence-electron chi connectivity index (χ4n) is 0. The van der Waals surface area contributed by atoms with E-state index in [0.717, 1.165) is 0 Å². The Balaban J connectivity index is -0.0000000267. The first-order chi connectivity index (χ1) is 2.00. The van der Waals surface area contributed by atoms with Gasteiger partial charge in [0.05, 0.1) is 0 Å². The Morgan fingerprint density at radius 2 is 0.875 bits per heavy atom. The summed E-state index contributed by atoms with van der Waals surface area (Å²) in [4.78, 5) is 29.3. The van der Waals surface area contributed by atoms with Crippen LogP contribution in [0.2, 0.25) is 0 Å². The van der Waals surface area contributed by atoms with Crippen molar-refractivity contribution in [3.63, 3.8) is 0 Å². The summed E-state index contributed by atoms with van der Waals surface area (Å²) in [6, 6.07) is 0. The largest absolute Gasteiger partial charge is 0.668 e. The molecule has 0 spiro atoms. The summed E-state index contributed by atoms with van der Waals surface area (Å²) in [5, 5.41) is 0. The molecular weight excluding hydrogens is 276 g/mol. The van der Waals surface area contributed by atoms with E-state index >= 15 is 0 Å². The van der Waals surface area contributed by atoms with Crippen molar-refractivity contribution in [3.05, 3.63) is 0 Å². The van der Waals surface area contributed by atoms with E-state index in [9.17, 15) is 0 Å². The summed E-state index contributed by atoms with van der Waals surface area (Å²) in [7, 11) is -4.61. The second-order valence-corrected chi connectivity index (χ2v) is 1.80. The van der Waals surface area contributed by atoms with Crippen LogP contribution in [0.25, 0.3) is 0 Å². The van der Waals surface area contributed by atoms with Gasteiger partial charge in [0.25, 0.3) is 0 Å². The third-order valence-electron chi connectivity index (χ3n) is 0. The topological polar surface area (TPSA) is 80.9 Å². The molecule has 8 heteroatoms. The first-order valence-electron chi connectivity index (χ1n) is 0.894. The SMILES string of the molecule is O[Si](O)(O)O.[AlH3].[Zn].[Zr]. The number of hydrogen-bond acceptors (Lipinski definition) is 4. The van der Waals surface area contributed by atoms with Crippen molar-refractivity contribution in [1.29, 1.82) is 0 Å². The molecule has 0 aromatic heterocycles. The summed E-state index contributed by atoms with van der Waals surface area (Å²) in [5.74, 6) is 0. The maximum Gasteiger partial charge on any atom is 0.668 e. The van der Waals surface area contributed by atoms with Crippen LogP contribution in [0.4, 0.5) is 0 Å². The van der Waals surface area contributed by atoms with E-state index in [1.54, 1.807) is 0 Å². The molecule has 0 radical (unpaired) electrons. The summed E-state index contributed by atoms with van der Waals surface area (Å²) >= 11 is 0. The molecule has 0 aliphatic carbocycles. The Hall–Kier alpha value is 2.10. The van der Waals surface area contributed by atoms with E-state index in [1.165, 1.54) is 0 Å². The average Bonchev–Trinajstić information content (AvgIpc) is 0.722. The zero-order valence-corrected chi connectivity index (χ0v) is 9.92. The van der Waals surface area contributed by atoms with Crippen LogP contribution in [-0.4, -0.2) is 45.6 Å². The zero-order valence-electron chi connectivity index (χ0n) is 3.50. The van der Waals surface area contributed by atoms with Crippen LogP contribution in [0, 0.1) is 0 Å². The summed E-state index contributed by atoms with van der Waals surface area (Å²) in [5.41, 5.74) is 0. The minimum absolute atomic E-state index is 0. The van der Waals surface area contributed by atoms with E-state index in [-0.39, 0.29) is 63.0 Å². The maximum absolute atomic E-state index is 7.33. The van der Waals surface area contributed by atoms with Gasteiger partial charge in [-0.3, -0.25) is 0 Å². The number of rotatable bonds is 0. The van der Waals surface area contributed by atoms with Crippen LogP contribution >= 0.6 is 0 Å². The monoisotopic (exact) mass is 280 g/mol. The van der Waals surface area contributed by atoms with Gasteiger partial charge in [-0.05, 0) is 0 Å². The fraction of sp³-hybridized carbons (Fsp3) is 0. The van der Waals surface area contributed by atoms with E-state index in [2.05, 4.69) is 0 Å². The smallest absolute Gasteiger partial charge is 0.368 e. The van der Waals surface area contributed by atoms with Crippen molar-refractivity contribution in [2.24, 2.45) is 0 Å². The second-order valence-electron chi connectivity index (χ2n) is 0.600. The Bertz CT molecular complexity index is 31.5. The van der Waals surface area contributed by atoms with E-state index in [1.807, 2.05) is 0 Å². The first-order valence-corrected chi connectivity index (χ1v) is 2.68. The molecule has 0 aromatic carbocycles. The quantitative estimate of drug-likeness (QED) is 0.344. The number of hydrogen-bond donors (Lipinski definition) is 4. The Labute approximate surface area is 90.4 Å². The molecule has 0 heterocycles. The van der Waals surface area contributed by atoms with Crippen LogP contribution < -0.4 is 0 Å². The summed E-state index contributed by atoms with van der Waals surface area (Å²) in [6.45, 7) is 0. The molecule has 0 bridgehead atoms. The normalized spacial score (nSPS) is 7.50. The van der Waals surface area contributed by atoms with E-state index < -0.39 is 9.05 Å². The minimum atomic E-state index is -4.61. The molecular formula is H7AlO4SiZnZr. The molecule has 0 saturated heterocycles. The third-order valence-corrected chi connectivity index (χ3v) is 0. The summed E-state index contributed by atoms with van der Waals surface area (Å²) < 4.78 is 0. The summed E-state index contributed by atoms with van der Waals surface area (Å²) in [6.07, 6.45) is 0. The molecule has 0 aliphatic heterocycles. The molecule has 44 valence electrons. The van der Waals surface area contributed by atoms with Crippen molar-refractivity contribution in [2.75, 3.05) is 0 Å². The van der Waals surface area contributed by atoms with Gasteiger partial charge in [-0.25, -0.2) is 0 Å². The van der Waals surface area contributed by atoms with Gasteiger partial charge in [-0.2, -0.15) is 0 Å². The van der Waals surface area contributed by atoms with Crippen molar-refractivity contribution in [2.45, 2.75) is 0 Å². The van der Waals surface area contributed by atoms with Crippen LogP contribution in [0.1, 0.15) is 0 Å². The zero-order chi connectivity index (χ0) is 4.50. The molecule has 8 heavy (non-hydrogen) atoms. The molecule has 0 unspecified atom stereocenters. The van der Waals surface area contributed by atoms with Crippen molar-refractivity contribution in [1.82, 2.24) is 0 Å². The molecule has 0 rings (SSSR count). The Morgan fingerprint density at radius 1 is 0.875 bits per heavy atom. The molecule has 4 nitrogen and oxygen atoms in total. The van der Waals surface area contributed by atoms with Gasteiger partial charge in [0.1, 0.15) is 0 Å². The van der Waals surface area contributed by atoms with Crippen LogP contribution in [0.3, 0.4) is 0 Å². The molecule has 4 N–H and O–H groups in total. The van der Waals surface area contributed by atoms with Gasteiger partial charge >= 0.3 is 9.05 Å². The molecule has 0 atom stereocenters. The van der Waals surface area contributed by atoms with Gasteiger partial charge in [0.2, 0.25) is 0 Å². The molecule has 0 amide bonds. The Kier molecular flexibility index (Phi) is 25.6. The van der Waals surface area contributed by atoms with Gasteiger partial charge < -0.3 is 19.2 Å². The molecule has 0 fully saturated rings. The predicted molar refractivity (Wildman–Crippen MR) is 24.6 cm³/mol. The van der Waals surface area contributed by atoms with Gasteiger partial charge in [-0.15, -0.1) is 0 Å². The first kappa shape index (κ1) is 22.5. The van der Waals surface area contributed by atoms with Gasteiger partial charge in [0, 0.05) is 45.7 Å². The fourth-order valence-corrected chi connectivity index (χ4v) is 0. The molecule has 0 aromatic rings. The predicted octanol–water partition coefficient (Wildman–Crippen LogP) is -3.80. The van der Waals surface area contributed by atoms with Crippen molar-refractivity contribution < 1.29 is 64.9 Å². The van der Waals surface area contributed by atoms with Crippen molar-refractivity contribution >= 4 is 26.4 Å². The van der Waals surface area contributed by atoms with Crippen molar-refractivity contribution in [3.8, 4) is 0 Å². The molecule has 0 saturated carbocycles. The van der Waals surface area contributed by atoms with Gasteiger partial charge in [0.15, 0.2) is 17.4 Å². The van der Waals surface area contributed by atoms with Crippen LogP contribution in [0.5, 0.6) is 0 Å². The third kappa shape index (κ3) is 92.8. The average molecular weight is 283 g/mol. The minimum Gasteiger partial charge on any atom is -0.368 e. The second kappa shape index (κ2) is 9.10. The maximum atomic E-state index is 7.33. The molecule has 0 aliphatic rings.